The molecule has 0 unspecified atom stereocenters. The molecule has 0 fully saturated rings. The smallest absolute Gasteiger partial charge is 0.325 e. The fourth-order valence-corrected chi connectivity index (χ4v) is 1.46. The Kier molecular flexibility index (Phi) is 5.76. The number of rotatable bonds is 6. The highest BCUT2D eigenvalue weighted by Gasteiger charge is 2.17. The fourth-order valence-electron chi connectivity index (χ4n) is 1.24. The normalized spacial score (nSPS) is 12.1. The largest absolute Gasteiger partial charge is 0.480 e. The summed E-state index contributed by atoms with van der Waals surface area (Å²) in [6.45, 7) is 5.82. The van der Waals surface area contributed by atoms with Crippen LogP contribution in [0.2, 0.25) is 5.02 Å². The van der Waals surface area contributed by atoms with Crippen LogP contribution in [0.25, 0.3) is 0 Å². The van der Waals surface area contributed by atoms with Crippen LogP contribution < -0.4 is 10.1 Å². The monoisotopic (exact) mass is 300 g/mol. The van der Waals surface area contributed by atoms with Gasteiger partial charge in [0.05, 0.1) is 12.2 Å². The molecule has 2 N–H and O–H groups in total. The van der Waals surface area contributed by atoms with Crippen molar-refractivity contribution >= 4 is 23.5 Å². The van der Waals surface area contributed by atoms with Crippen LogP contribution in [-0.4, -0.2) is 34.6 Å². The molecule has 0 bridgehead atoms. The average Bonchev–Trinajstić information content (AvgIpc) is 2.36. The van der Waals surface area contributed by atoms with Crippen LogP contribution in [0.15, 0.2) is 12.3 Å². The molecule has 1 aromatic heterocycles. The molecule has 0 saturated carbocycles. The zero-order valence-electron chi connectivity index (χ0n) is 11.5. The second-order valence-corrected chi connectivity index (χ2v) is 5.16. The highest BCUT2D eigenvalue weighted by atomic mass is 35.5. The zero-order valence-corrected chi connectivity index (χ0v) is 12.3. The van der Waals surface area contributed by atoms with Crippen LogP contribution in [0.4, 0.5) is 0 Å². The molecule has 0 saturated heterocycles. The molecule has 110 valence electrons. The minimum absolute atomic E-state index is 0.181. The third-order valence-corrected chi connectivity index (χ3v) is 2.61. The lowest BCUT2D eigenvalue weighted by Gasteiger charge is -2.11. The second-order valence-electron chi connectivity index (χ2n) is 4.75. The number of halogens is 1. The third-order valence-electron chi connectivity index (χ3n) is 2.34. The van der Waals surface area contributed by atoms with Gasteiger partial charge >= 0.3 is 5.97 Å². The molecule has 1 atom stereocenters. The standard InChI is InChI=1S/C13H17ClN2O4/c1-7(2)6-20-12-10(14)4-9(5-15-12)11(17)16-8(3)13(18)19/h4-5,7-8H,6H2,1-3H3,(H,16,17)(H,18,19)/t8-/m1/s1. The van der Waals surface area contributed by atoms with Crippen LogP contribution in [0.3, 0.4) is 0 Å². The molecule has 0 spiro atoms. The van der Waals surface area contributed by atoms with Gasteiger partial charge in [0.25, 0.3) is 5.91 Å². The number of nitrogens with one attached hydrogen (secondary N) is 1. The van der Waals surface area contributed by atoms with Gasteiger partial charge in [0.15, 0.2) is 0 Å². The summed E-state index contributed by atoms with van der Waals surface area (Å²) in [6.07, 6.45) is 1.30. The molecule has 1 aromatic rings. The van der Waals surface area contributed by atoms with E-state index in [0.29, 0.717) is 12.5 Å². The summed E-state index contributed by atoms with van der Waals surface area (Å²) >= 11 is 5.97. The van der Waals surface area contributed by atoms with Crippen LogP contribution in [-0.2, 0) is 4.79 Å². The van der Waals surface area contributed by atoms with E-state index in [1.165, 1.54) is 19.2 Å². The van der Waals surface area contributed by atoms with Crippen molar-refractivity contribution < 1.29 is 19.4 Å². The number of carboxylic acids is 1. The van der Waals surface area contributed by atoms with E-state index in [-0.39, 0.29) is 16.5 Å². The summed E-state index contributed by atoms with van der Waals surface area (Å²) in [7, 11) is 0. The minimum atomic E-state index is -1.12. The lowest BCUT2D eigenvalue weighted by Crippen LogP contribution is -2.38. The molecule has 0 aliphatic heterocycles. The van der Waals surface area contributed by atoms with Crippen molar-refractivity contribution in [3.63, 3.8) is 0 Å². The minimum Gasteiger partial charge on any atom is -0.480 e. The maximum absolute atomic E-state index is 11.8. The van der Waals surface area contributed by atoms with Crippen molar-refractivity contribution in [2.45, 2.75) is 26.8 Å². The van der Waals surface area contributed by atoms with Crippen molar-refractivity contribution in [3.8, 4) is 5.88 Å². The Balaban J connectivity index is 2.76. The first-order valence-corrected chi connectivity index (χ1v) is 6.51. The number of hydrogen-bond acceptors (Lipinski definition) is 4. The van der Waals surface area contributed by atoms with Gasteiger partial charge in [-0.1, -0.05) is 25.4 Å². The Hall–Kier alpha value is -1.82. The molecule has 6 nitrogen and oxygen atoms in total. The Labute approximate surface area is 122 Å². The van der Waals surface area contributed by atoms with Crippen LogP contribution in [0.1, 0.15) is 31.1 Å². The number of carbonyl (C=O) groups excluding carboxylic acids is 1. The lowest BCUT2D eigenvalue weighted by atomic mass is 10.2. The Morgan fingerprint density at radius 1 is 1.45 bits per heavy atom. The maximum atomic E-state index is 11.8. The van der Waals surface area contributed by atoms with E-state index >= 15 is 0 Å². The predicted molar refractivity (Wildman–Crippen MR) is 74.1 cm³/mol. The number of carbonyl (C=O) groups is 2. The highest BCUT2D eigenvalue weighted by molar-refractivity contribution is 6.32. The van der Waals surface area contributed by atoms with Crippen LogP contribution in [0, 0.1) is 5.92 Å². The van der Waals surface area contributed by atoms with E-state index in [2.05, 4.69) is 10.3 Å². The SMILES string of the molecule is CC(C)COc1ncc(C(=O)N[C@H](C)C(=O)O)cc1Cl. The van der Waals surface area contributed by atoms with E-state index in [9.17, 15) is 9.59 Å². The van der Waals surface area contributed by atoms with Gasteiger partial charge in [0, 0.05) is 6.20 Å². The number of aliphatic carboxylic acids is 1. The van der Waals surface area contributed by atoms with Crippen LogP contribution in [0.5, 0.6) is 5.88 Å². The van der Waals surface area contributed by atoms with Crippen LogP contribution >= 0.6 is 11.6 Å². The van der Waals surface area contributed by atoms with Crippen molar-refractivity contribution in [3.05, 3.63) is 22.8 Å². The summed E-state index contributed by atoms with van der Waals surface area (Å²) < 4.78 is 5.38. The first kappa shape index (κ1) is 16.2. The Bertz CT molecular complexity index is 505. The van der Waals surface area contributed by atoms with E-state index in [1.54, 1.807) is 0 Å². The van der Waals surface area contributed by atoms with Crippen molar-refractivity contribution in [1.29, 1.82) is 0 Å². The summed E-state index contributed by atoms with van der Waals surface area (Å²) in [6, 6.07) is 0.409. The van der Waals surface area contributed by atoms with E-state index in [4.69, 9.17) is 21.4 Å². The molecule has 1 rings (SSSR count). The average molecular weight is 301 g/mol. The second kappa shape index (κ2) is 7.09. The predicted octanol–water partition coefficient (Wildman–Crippen LogP) is 1.97. The number of ether oxygens (including phenoxy) is 1. The molecular formula is C13H17ClN2O4. The van der Waals surface area contributed by atoms with E-state index < -0.39 is 17.9 Å². The molecule has 1 amide bonds. The quantitative estimate of drug-likeness (QED) is 0.838. The number of hydrogen-bond donors (Lipinski definition) is 2. The number of amides is 1. The maximum Gasteiger partial charge on any atom is 0.325 e. The van der Waals surface area contributed by atoms with E-state index in [0.717, 1.165) is 0 Å². The summed E-state index contributed by atoms with van der Waals surface area (Å²) in [5.41, 5.74) is 0.181. The summed E-state index contributed by atoms with van der Waals surface area (Å²) in [5, 5.41) is 11.2. The number of pyridine rings is 1. The van der Waals surface area contributed by atoms with Gasteiger partial charge in [-0.05, 0) is 18.9 Å². The number of nitrogens with zero attached hydrogens (tertiary/aromatic N) is 1. The topological polar surface area (TPSA) is 88.5 Å². The Morgan fingerprint density at radius 2 is 2.10 bits per heavy atom. The highest BCUT2D eigenvalue weighted by Crippen LogP contribution is 2.22. The van der Waals surface area contributed by atoms with Crippen molar-refractivity contribution in [2.75, 3.05) is 6.61 Å². The molecule has 7 heteroatoms. The summed E-state index contributed by atoms with van der Waals surface area (Å²) in [4.78, 5) is 26.4. The van der Waals surface area contributed by atoms with Gasteiger partial charge < -0.3 is 15.2 Å². The van der Waals surface area contributed by atoms with E-state index in [1.807, 2.05) is 13.8 Å². The molecule has 20 heavy (non-hydrogen) atoms. The third kappa shape index (κ3) is 4.70. The molecule has 0 aliphatic rings. The van der Waals surface area contributed by atoms with Gasteiger partial charge in [0.1, 0.15) is 11.1 Å². The van der Waals surface area contributed by atoms with Gasteiger partial charge in [-0.3, -0.25) is 9.59 Å². The van der Waals surface area contributed by atoms with Crippen molar-refractivity contribution in [2.24, 2.45) is 5.92 Å². The van der Waals surface area contributed by atoms with Gasteiger partial charge in [-0.25, -0.2) is 4.98 Å². The molecule has 0 radical (unpaired) electrons. The lowest BCUT2D eigenvalue weighted by molar-refractivity contribution is -0.138. The van der Waals surface area contributed by atoms with Gasteiger partial charge in [-0.15, -0.1) is 0 Å². The molecule has 0 aromatic carbocycles. The van der Waals surface area contributed by atoms with Crippen molar-refractivity contribution in [1.82, 2.24) is 10.3 Å². The Morgan fingerprint density at radius 3 is 2.60 bits per heavy atom. The fraction of sp³-hybridized carbons (Fsp3) is 0.462. The molecular weight excluding hydrogens is 284 g/mol. The number of carboxylic acid groups (broad SMARTS) is 1. The summed E-state index contributed by atoms with van der Waals surface area (Å²) in [5.74, 6) is -1.09. The first-order chi connectivity index (χ1) is 9.31. The van der Waals surface area contributed by atoms with Gasteiger partial charge in [-0.2, -0.15) is 0 Å². The zero-order chi connectivity index (χ0) is 15.3. The first-order valence-electron chi connectivity index (χ1n) is 6.13. The van der Waals surface area contributed by atoms with Gasteiger partial charge in [0.2, 0.25) is 5.88 Å². The molecule has 1 heterocycles. The molecule has 0 aliphatic carbocycles. The number of aromatic nitrogens is 1.